The minimum atomic E-state index is -0.238. The zero-order valence-electron chi connectivity index (χ0n) is 11.0. The maximum Gasteiger partial charge on any atom is 0.123 e. The van der Waals surface area contributed by atoms with E-state index in [9.17, 15) is 4.39 Å². The quantitative estimate of drug-likeness (QED) is 0.783. The Balaban J connectivity index is 1.83. The third-order valence-electron chi connectivity index (χ3n) is 3.99. The van der Waals surface area contributed by atoms with Crippen LogP contribution in [0.15, 0.2) is 18.2 Å². The summed E-state index contributed by atoms with van der Waals surface area (Å²) in [5.74, 6) is 1.76. The first-order valence-electron chi connectivity index (χ1n) is 6.91. The Bertz CT molecular complexity index is 411. The summed E-state index contributed by atoms with van der Waals surface area (Å²) in [5, 5.41) is 4.01. The summed E-state index contributed by atoms with van der Waals surface area (Å²) in [5.41, 5.74) is 0.819. The molecule has 2 rings (SSSR count). The molecule has 1 aromatic carbocycles. The smallest absolute Gasteiger partial charge is 0.123 e. The van der Waals surface area contributed by atoms with Crippen LogP contribution in [0, 0.1) is 17.7 Å². The lowest BCUT2D eigenvalue weighted by Gasteiger charge is -2.30. The van der Waals surface area contributed by atoms with Gasteiger partial charge in [0.15, 0.2) is 0 Å². The van der Waals surface area contributed by atoms with Gasteiger partial charge in [0.25, 0.3) is 0 Å². The molecule has 0 spiro atoms. The molecule has 1 aliphatic rings. The Morgan fingerprint density at radius 1 is 1.21 bits per heavy atom. The highest BCUT2D eigenvalue weighted by atomic mass is 35.5. The van der Waals surface area contributed by atoms with E-state index >= 15 is 0 Å². The van der Waals surface area contributed by atoms with Crippen LogP contribution >= 0.6 is 23.2 Å². The van der Waals surface area contributed by atoms with Crippen molar-refractivity contribution in [2.45, 2.75) is 32.2 Å². The summed E-state index contributed by atoms with van der Waals surface area (Å²) in [6.07, 6.45) is 5.06. The molecule has 1 nitrogen and oxygen atoms in total. The molecule has 1 fully saturated rings. The SMILES string of the molecule is Fc1ccc(Cl)c(CNCC2CCCCC2CCl)c1. The van der Waals surface area contributed by atoms with E-state index in [4.69, 9.17) is 23.2 Å². The van der Waals surface area contributed by atoms with Crippen molar-refractivity contribution in [3.8, 4) is 0 Å². The molecule has 0 heterocycles. The van der Waals surface area contributed by atoms with Gasteiger partial charge in [0.2, 0.25) is 0 Å². The van der Waals surface area contributed by atoms with Gasteiger partial charge in [-0.3, -0.25) is 0 Å². The lowest BCUT2D eigenvalue weighted by Crippen LogP contribution is -2.31. The fraction of sp³-hybridized carbons (Fsp3) is 0.600. The normalized spacial score (nSPS) is 23.5. The highest BCUT2D eigenvalue weighted by molar-refractivity contribution is 6.31. The molecule has 0 amide bonds. The van der Waals surface area contributed by atoms with Crippen LogP contribution in [0.4, 0.5) is 4.39 Å². The highest BCUT2D eigenvalue weighted by Gasteiger charge is 2.23. The van der Waals surface area contributed by atoms with Crippen LogP contribution in [-0.2, 0) is 6.54 Å². The molecule has 1 N–H and O–H groups in total. The Labute approximate surface area is 124 Å². The summed E-state index contributed by atoms with van der Waals surface area (Å²) < 4.78 is 13.1. The largest absolute Gasteiger partial charge is 0.312 e. The Morgan fingerprint density at radius 2 is 1.95 bits per heavy atom. The van der Waals surface area contributed by atoms with Gasteiger partial charge in [0, 0.05) is 17.4 Å². The van der Waals surface area contributed by atoms with Gasteiger partial charge in [-0.2, -0.15) is 0 Å². The van der Waals surface area contributed by atoms with Crippen molar-refractivity contribution in [2.24, 2.45) is 11.8 Å². The van der Waals surface area contributed by atoms with E-state index in [1.165, 1.54) is 37.8 Å². The fourth-order valence-electron chi connectivity index (χ4n) is 2.83. The lowest BCUT2D eigenvalue weighted by molar-refractivity contribution is 0.250. The Hall–Kier alpha value is -0.310. The van der Waals surface area contributed by atoms with Crippen LogP contribution in [0.1, 0.15) is 31.2 Å². The molecule has 4 heteroatoms. The van der Waals surface area contributed by atoms with Crippen LogP contribution in [0.25, 0.3) is 0 Å². The summed E-state index contributed by atoms with van der Waals surface area (Å²) >= 11 is 12.1. The third kappa shape index (κ3) is 4.34. The number of alkyl halides is 1. The molecule has 2 unspecified atom stereocenters. The minimum absolute atomic E-state index is 0.238. The van der Waals surface area contributed by atoms with E-state index in [0.717, 1.165) is 18.0 Å². The van der Waals surface area contributed by atoms with Gasteiger partial charge in [-0.1, -0.05) is 24.4 Å². The average Bonchev–Trinajstić information content (AvgIpc) is 2.43. The summed E-state index contributed by atoms with van der Waals surface area (Å²) in [6, 6.07) is 4.49. The monoisotopic (exact) mass is 303 g/mol. The van der Waals surface area contributed by atoms with Gasteiger partial charge < -0.3 is 5.32 Å². The standard InChI is InChI=1S/C15H20Cl2FN/c16-8-11-3-1-2-4-12(11)9-19-10-13-7-14(18)5-6-15(13)17/h5-7,11-12,19H,1-4,8-10H2. The summed E-state index contributed by atoms with van der Waals surface area (Å²) in [7, 11) is 0. The highest BCUT2D eigenvalue weighted by Crippen LogP contribution is 2.30. The molecule has 1 aliphatic carbocycles. The maximum atomic E-state index is 13.1. The zero-order chi connectivity index (χ0) is 13.7. The summed E-state index contributed by atoms with van der Waals surface area (Å²) in [6.45, 7) is 1.55. The topological polar surface area (TPSA) is 12.0 Å². The van der Waals surface area contributed by atoms with Gasteiger partial charge in [-0.15, -0.1) is 11.6 Å². The molecular weight excluding hydrogens is 284 g/mol. The molecule has 0 radical (unpaired) electrons. The fourth-order valence-corrected chi connectivity index (χ4v) is 3.42. The van der Waals surface area contributed by atoms with Crippen molar-refractivity contribution in [2.75, 3.05) is 12.4 Å². The van der Waals surface area contributed by atoms with Crippen LogP contribution < -0.4 is 5.32 Å². The first-order chi connectivity index (χ1) is 9.20. The first kappa shape index (κ1) is 15.1. The van der Waals surface area contributed by atoms with E-state index in [0.29, 0.717) is 23.4 Å². The van der Waals surface area contributed by atoms with E-state index in [-0.39, 0.29) is 5.82 Å². The van der Waals surface area contributed by atoms with Gasteiger partial charge in [0.1, 0.15) is 5.82 Å². The average molecular weight is 304 g/mol. The predicted molar refractivity (Wildman–Crippen MR) is 79.3 cm³/mol. The third-order valence-corrected chi connectivity index (χ3v) is 4.76. The zero-order valence-corrected chi connectivity index (χ0v) is 12.5. The van der Waals surface area contributed by atoms with Crippen LogP contribution in [0.3, 0.4) is 0 Å². The number of hydrogen-bond acceptors (Lipinski definition) is 1. The van der Waals surface area contributed by atoms with Crippen molar-refractivity contribution in [1.82, 2.24) is 5.32 Å². The van der Waals surface area contributed by atoms with E-state index in [2.05, 4.69) is 5.32 Å². The molecule has 0 aliphatic heterocycles. The number of halogens is 3. The van der Waals surface area contributed by atoms with Gasteiger partial charge in [0.05, 0.1) is 0 Å². The molecule has 19 heavy (non-hydrogen) atoms. The molecule has 106 valence electrons. The Kier molecular flexibility index (Phi) is 5.93. The molecule has 1 aromatic rings. The molecular formula is C15H20Cl2FN. The second-order valence-electron chi connectivity index (χ2n) is 5.33. The number of hydrogen-bond donors (Lipinski definition) is 1. The van der Waals surface area contributed by atoms with Gasteiger partial charge in [-0.25, -0.2) is 4.39 Å². The van der Waals surface area contributed by atoms with Crippen LogP contribution in [-0.4, -0.2) is 12.4 Å². The predicted octanol–water partition coefficient (Wildman–Crippen LogP) is 4.61. The van der Waals surface area contributed by atoms with E-state index in [1.54, 1.807) is 6.07 Å². The number of rotatable bonds is 5. The summed E-state index contributed by atoms with van der Waals surface area (Å²) in [4.78, 5) is 0. The lowest BCUT2D eigenvalue weighted by atomic mass is 9.80. The van der Waals surface area contributed by atoms with Crippen molar-refractivity contribution < 1.29 is 4.39 Å². The molecule has 2 atom stereocenters. The van der Waals surface area contributed by atoms with Gasteiger partial charge >= 0.3 is 0 Å². The van der Waals surface area contributed by atoms with Crippen LogP contribution in [0.5, 0.6) is 0 Å². The van der Waals surface area contributed by atoms with E-state index < -0.39 is 0 Å². The van der Waals surface area contributed by atoms with Gasteiger partial charge in [-0.05, 0) is 55.0 Å². The maximum absolute atomic E-state index is 13.1. The van der Waals surface area contributed by atoms with E-state index in [1.807, 2.05) is 0 Å². The minimum Gasteiger partial charge on any atom is -0.312 e. The number of benzene rings is 1. The molecule has 0 bridgehead atoms. The second-order valence-corrected chi connectivity index (χ2v) is 6.04. The van der Waals surface area contributed by atoms with Crippen molar-refractivity contribution in [3.63, 3.8) is 0 Å². The molecule has 0 aromatic heterocycles. The van der Waals surface area contributed by atoms with Crippen LogP contribution in [0.2, 0.25) is 5.02 Å². The van der Waals surface area contributed by atoms with Crippen molar-refractivity contribution >= 4 is 23.2 Å². The molecule has 1 saturated carbocycles. The second kappa shape index (κ2) is 7.47. The molecule has 0 saturated heterocycles. The van der Waals surface area contributed by atoms with Crippen molar-refractivity contribution in [1.29, 1.82) is 0 Å². The Morgan fingerprint density at radius 3 is 2.68 bits per heavy atom. The number of nitrogens with one attached hydrogen (secondary N) is 1. The first-order valence-corrected chi connectivity index (χ1v) is 7.82. The van der Waals surface area contributed by atoms with Crippen molar-refractivity contribution in [3.05, 3.63) is 34.6 Å².